The Hall–Kier alpha value is -1.19. The van der Waals surface area contributed by atoms with Gasteiger partial charge < -0.3 is 5.11 Å². The van der Waals surface area contributed by atoms with Crippen LogP contribution in [0.15, 0.2) is 47.4 Å². The molecule has 0 aromatic heterocycles. The molecule has 3 heteroatoms. The highest BCUT2D eigenvalue weighted by atomic mass is 32.2. The summed E-state index contributed by atoms with van der Waals surface area (Å²) in [4.78, 5) is 1.27. The van der Waals surface area contributed by atoms with Crippen molar-refractivity contribution in [1.29, 1.82) is 0 Å². The smallest absolute Gasteiger partial charge is 0.123 e. The number of phenols is 1. The molecule has 0 amide bonds. The van der Waals surface area contributed by atoms with E-state index in [1.165, 1.54) is 10.1 Å². The van der Waals surface area contributed by atoms with Crippen molar-refractivity contribution in [3.8, 4) is 5.75 Å². The summed E-state index contributed by atoms with van der Waals surface area (Å²) in [6.45, 7) is 17.9. The number of hydrogen-bond donors (Lipinski definition) is 1. The van der Waals surface area contributed by atoms with Crippen LogP contribution in [0.5, 0.6) is 5.75 Å². The van der Waals surface area contributed by atoms with Crippen LogP contribution in [0.3, 0.4) is 0 Å². The summed E-state index contributed by atoms with van der Waals surface area (Å²) in [5.41, 5.74) is 1.94. The van der Waals surface area contributed by atoms with Gasteiger partial charge >= 0.3 is 0 Å². The van der Waals surface area contributed by atoms with Gasteiger partial charge in [0.15, 0.2) is 0 Å². The molecule has 0 saturated heterocycles. The van der Waals surface area contributed by atoms with Crippen LogP contribution in [0.25, 0.3) is 0 Å². The van der Waals surface area contributed by atoms with Crippen LogP contribution in [0.2, 0.25) is 13.1 Å². The molecule has 0 aliphatic heterocycles. The molecule has 142 valence electrons. The van der Waals surface area contributed by atoms with Crippen LogP contribution < -0.4 is 5.19 Å². The maximum atomic E-state index is 10.9. The highest BCUT2D eigenvalue weighted by molar-refractivity contribution is 8.01. The highest BCUT2D eigenvalue weighted by Gasteiger charge is 2.28. The Kier molecular flexibility index (Phi) is 6.04. The molecular weight excluding hydrogens is 352 g/mol. The van der Waals surface area contributed by atoms with E-state index in [1.807, 2.05) is 11.8 Å². The van der Waals surface area contributed by atoms with Crippen molar-refractivity contribution in [2.45, 2.75) is 70.4 Å². The molecule has 2 rings (SSSR count). The number of rotatable bonds is 4. The number of thioether (sulfide) groups is 1. The van der Waals surface area contributed by atoms with E-state index in [0.29, 0.717) is 5.75 Å². The predicted octanol–water partition coefficient (Wildman–Crippen LogP) is 6.23. The first-order valence-corrected chi connectivity index (χ1v) is 13.6. The van der Waals surface area contributed by atoms with E-state index in [4.69, 9.17) is 0 Å². The van der Waals surface area contributed by atoms with Crippen molar-refractivity contribution < 1.29 is 5.11 Å². The van der Waals surface area contributed by atoms with Gasteiger partial charge in [0.05, 0.1) is 8.07 Å². The SMILES string of the molecule is CC(C)(C)c1cc(SC[Si](C)(C)c2ccccc2)cc(C(C)(C)C)c1O. The van der Waals surface area contributed by atoms with Crippen LogP contribution in [0, 0.1) is 0 Å². The zero-order chi connectivity index (χ0) is 19.8. The number of hydrogen-bond acceptors (Lipinski definition) is 2. The largest absolute Gasteiger partial charge is 0.507 e. The summed E-state index contributed by atoms with van der Waals surface area (Å²) < 4.78 is 0. The van der Waals surface area contributed by atoms with Gasteiger partial charge in [-0.2, -0.15) is 0 Å². The molecule has 2 aromatic rings. The zero-order valence-corrected chi connectivity index (χ0v) is 19.4. The first kappa shape index (κ1) is 21.1. The standard InChI is InChI=1S/C23H34OSSi/c1-22(2,3)19-14-17(15-20(21(19)24)23(4,5)6)25-16-26(7,8)18-12-10-9-11-13-18/h9-15,24H,16H2,1-8H3. The number of phenolic OH excluding ortho intramolecular Hbond substituents is 1. The van der Waals surface area contributed by atoms with Gasteiger partial charge in [-0.3, -0.25) is 0 Å². The molecule has 0 bridgehead atoms. The maximum absolute atomic E-state index is 10.9. The number of benzene rings is 2. The average Bonchev–Trinajstić information content (AvgIpc) is 2.52. The quantitative estimate of drug-likeness (QED) is 0.496. The molecule has 0 aliphatic rings. The second kappa shape index (κ2) is 7.44. The Labute approximate surface area is 165 Å². The summed E-state index contributed by atoms with van der Waals surface area (Å²) in [6, 6.07) is 15.3. The van der Waals surface area contributed by atoms with Gasteiger partial charge in [-0.25, -0.2) is 0 Å². The minimum absolute atomic E-state index is 0.0764. The van der Waals surface area contributed by atoms with E-state index >= 15 is 0 Å². The lowest BCUT2D eigenvalue weighted by Gasteiger charge is -2.29. The Morgan fingerprint density at radius 2 is 1.31 bits per heavy atom. The molecule has 0 unspecified atom stereocenters. The summed E-state index contributed by atoms with van der Waals surface area (Å²) in [5.74, 6) is 0.467. The average molecular weight is 387 g/mol. The van der Waals surface area contributed by atoms with Crippen molar-refractivity contribution in [3.05, 3.63) is 53.6 Å². The second-order valence-electron chi connectivity index (χ2n) is 9.91. The minimum atomic E-state index is -1.50. The molecule has 26 heavy (non-hydrogen) atoms. The van der Waals surface area contributed by atoms with E-state index in [1.54, 1.807) is 0 Å². The molecule has 0 heterocycles. The van der Waals surface area contributed by atoms with Gasteiger partial charge in [0, 0.05) is 16.0 Å². The molecule has 1 N–H and O–H groups in total. The summed E-state index contributed by atoms with van der Waals surface area (Å²) in [5, 5.41) is 13.5. The lowest BCUT2D eigenvalue weighted by atomic mass is 9.79. The Bertz CT molecular complexity index is 717. The van der Waals surface area contributed by atoms with Crippen LogP contribution >= 0.6 is 11.8 Å². The van der Waals surface area contributed by atoms with E-state index in [0.717, 1.165) is 16.5 Å². The Morgan fingerprint density at radius 1 is 0.846 bits per heavy atom. The molecule has 2 aromatic carbocycles. The molecule has 0 aliphatic carbocycles. The molecule has 0 radical (unpaired) electrons. The first-order chi connectivity index (χ1) is 11.8. The predicted molar refractivity (Wildman–Crippen MR) is 120 cm³/mol. The molecule has 0 spiro atoms. The fraction of sp³-hybridized carbons (Fsp3) is 0.478. The third kappa shape index (κ3) is 4.95. The normalized spacial score (nSPS) is 13.1. The fourth-order valence-electron chi connectivity index (χ4n) is 3.07. The second-order valence-corrected chi connectivity index (χ2v) is 16.2. The monoisotopic (exact) mass is 386 g/mol. The molecule has 1 nitrogen and oxygen atoms in total. The van der Waals surface area contributed by atoms with Crippen LogP contribution in [0.1, 0.15) is 52.7 Å². The minimum Gasteiger partial charge on any atom is -0.507 e. The van der Waals surface area contributed by atoms with E-state index in [-0.39, 0.29) is 10.8 Å². The first-order valence-electron chi connectivity index (χ1n) is 9.39. The van der Waals surface area contributed by atoms with Gasteiger partial charge in [-0.1, -0.05) is 90.2 Å². The van der Waals surface area contributed by atoms with Gasteiger partial charge in [0.25, 0.3) is 0 Å². The summed E-state index contributed by atoms with van der Waals surface area (Å²) in [7, 11) is -1.50. The third-order valence-electron chi connectivity index (χ3n) is 4.85. The van der Waals surface area contributed by atoms with E-state index in [9.17, 15) is 5.11 Å². The Balaban J connectivity index is 2.38. The van der Waals surface area contributed by atoms with Crippen molar-refractivity contribution in [3.63, 3.8) is 0 Å². The Morgan fingerprint density at radius 3 is 1.73 bits per heavy atom. The van der Waals surface area contributed by atoms with Gasteiger partial charge in [0.2, 0.25) is 0 Å². The lowest BCUT2D eigenvalue weighted by molar-refractivity contribution is 0.422. The zero-order valence-electron chi connectivity index (χ0n) is 17.6. The van der Waals surface area contributed by atoms with Crippen molar-refractivity contribution in [2.24, 2.45) is 0 Å². The van der Waals surface area contributed by atoms with E-state index < -0.39 is 8.07 Å². The summed E-state index contributed by atoms with van der Waals surface area (Å²) >= 11 is 1.94. The third-order valence-corrected chi connectivity index (χ3v) is 10.8. The van der Waals surface area contributed by atoms with Crippen LogP contribution in [-0.4, -0.2) is 18.6 Å². The molecule has 0 atom stereocenters. The highest BCUT2D eigenvalue weighted by Crippen LogP contribution is 2.42. The topological polar surface area (TPSA) is 20.2 Å². The van der Waals surface area contributed by atoms with Crippen molar-refractivity contribution in [1.82, 2.24) is 0 Å². The maximum Gasteiger partial charge on any atom is 0.123 e. The van der Waals surface area contributed by atoms with Gasteiger partial charge in [-0.05, 0) is 28.3 Å². The van der Waals surface area contributed by atoms with E-state index in [2.05, 4.69) is 97.1 Å². The number of aromatic hydroxyl groups is 1. The summed E-state index contributed by atoms with van der Waals surface area (Å²) in [6.07, 6.45) is 0. The molecule has 0 fully saturated rings. The van der Waals surface area contributed by atoms with Crippen molar-refractivity contribution >= 4 is 25.0 Å². The molecule has 0 saturated carbocycles. The van der Waals surface area contributed by atoms with Gasteiger partial charge in [0.1, 0.15) is 5.75 Å². The van der Waals surface area contributed by atoms with Crippen molar-refractivity contribution in [2.75, 3.05) is 5.38 Å². The molecular formula is C23H34OSSi. The van der Waals surface area contributed by atoms with Gasteiger partial charge in [-0.15, -0.1) is 11.8 Å². The lowest BCUT2D eigenvalue weighted by Crippen LogP contribution is -2.44. The van der Waals surface area contributed by atoms with Crippen LogP contribution in [-0.2, 0) is 10.8 Å². The fourth-order valence-corrected chi connectivity index (χ4v) is 7.35. The van der Waals surface area contributed by atoms with Crippen LogP contribution in [0.4, 0.5) is 0 Å².